The largest absolute Gasteiger partial charge is 0.490 e. The Bertz CT molecular complexity index is 607. The number of nitrogens with one attached hydrogen (secondary N) is 1. The van der Waals surface area contributed by atoms with E-state index in [4.69, 9.17) is 9.15 Å². The number of carbonyl (C=O) groups excluding carboxylic acids is 1. The summed E-state index contributed by atoms with van der Waals surface area (Å²) < 4.78 is 9.79. The van der Waals surface area contributed by atoms with Crippen LogP contribution in [0, 0.1) is 10.1 Å². The zero-order valence-corrected chi connectivity index (χ0v) is 9.95. The van der Waals surface area contributed by atoms with Crippen molar-refractivity contribution in [2.24, 2.45) is 0 Å². The van der Waals surface area contributed by atoms with Gasteiger partial charge in [0.25, 0.3) is 5.91 Å². The van der Waals surface area contributed by atoms with E-state index < -0.39 is 10.8 Å². The number of rotatable bonds is 4. The summed E-state index contributed by atoms with van der Waals surface area (Å²) in [5.74, 6) is -0.232. The van der Waals surface area contributed by atoms with Gasteiger partial charge in [0.1, 0.15) is 0 Å². The molecule has 1 N–H and O–H groups in total. The van der Waals surface area contributed by atoms with Gasteiger partial charge in [-0.25, -0.2) is 0 Å². The minimum absolute atomic E-state index is 0.124. The first kappa shape index (κ1) is 12.6. The molecule has 0 spiro atoms. The fourth-order valence-corrected chi connectivity index (χ4v) is 1.51. The maximum Gasteiger partial charge on any atom is 0.312 e. The summed E-state index contributed by atoms with van der Waals surface area (Å²) >= 11 is 0. The molecule has 0 atom stereocenters. The number of methoxy groups -OCH3 is 1. The molecule has 19 heavy (non-hydrogen) atoms. The molecule has 0 unspecified atom stereocenters. The van der Waals surface area contributed by atoms with Crippen LogP contribution in [0.25, 0.3) is 0 Å². The van der Waals surface area contributed by atoms with Gasteiger partial charge in [0.15, 0.2) is 11.5 Å². The fourth-order valence-electron chi connectivity index (χ4n) is 1.51. The second-order valence-corrected chi connectivity index (χ2v) is 3.58. The van der Waals surface area contributed by atoms with E-state index in [1.807, 2.05) is 0 Å². The van der Waals surface area contributed by atoms with Gasteiger partial charge in [-0.1, -0.05) is 0 Å². The van der Waals surface area contributed by atoms with Crippen LogP contribution in [0.2, 0.25) is 0 Å². The predicted octanol–water partition coefficient (Wildman–Crippen LogP) is 2.45. The maximum absolute atomic E-state index is 11.7. The summed E-state index contributed by atoms with van der Waals surface area (Å²) in [6.07, 6.45) is 1.37. The van der Waals surface area contributed by atoms with Crippen LogP contribution in [0.1, 0.15) is 10.6 Å². The quantitative estimate of drug-likeness (QED) is 0.674. The average Bonchev–Trinajstić information content (AvgIpc) is 2.92. The van der Waals surface area contributed by atoms with Gasteiger partial charge in [-0.3, -0.25) is 14.9 Å². The van der Waals surface area contributed by atoms with Crippen LogP contribution in [0.3, 0.4) is 0 Å². The number of anilines is 1. The molecule has 1 heterocycles. The molecule has 1 amide bonds. The lowest BCUT2D eigenvalue weighted by atomic mass is 10.2. The standard InChI is InChI=1S/C12H10N2O5/c1-18-10-5-4-8(7-9(10)14(16)17)13-12(15)11-3-2-6-19-11/h2-7H,1H3,(H,13,15). The lowest BCUT2D eigenvalue weighted by Crippen LogP contribution is -2.11. The van der Waals surface area contributed by atoms with Crippen LogP contribution in [-0.4, -0.2) is 17.9 Å². The van der Waals surface area contributed by atoms with Gasteiger partial charge in [0.05, 0.1) is 18.3 Å². The normalized spacial score (nSPS) is 9.95. The van der Waals surface area contributed by atoms with E-state index in [9.17, 15) is 14.9 Å². The van der Waals surface area contributed by atoms with Gasteiger partial charge in [0.2, 0.25) is 0 Å². The summed E-state index contributed by atoms with van der Waals surface area (Å²) in [6, 6.07) is 7.21. The smallest absolute Gasteiger partial charge is 0.312 e. The molecule has 0 saturated heterocycles. The van der Waals surface area contributed by atoms with E-state index in [2.05, 4.69) is 5.32 Å². The number of nitrogens with zero attached hydrogens (tertiary/aromatic N) is 1. The van der Waals surface area contributed by atoms with E-state index in [1.54, 1.807) is 6.07 Å². The first-order chi connectivity index (χ1) is 9.11. The Kier molecular flexibility index (Phi) is 3.46. The highest BCUT2D eigenvalue weighted by atomic mass is 16.6. The number of nitro benzene ring substituents is 1. The Morgan fingerprint density at radius 1 is 1.42 bits per heavy atom. The third-order valence-corrected chi connectivity index (χ3v) is 2.38. The maximum atomic E-state index is 11.7. The van der Waals surface area contributed by atoms with Gasteiger partial charge in [-0.2, -0.15) is 0 Å². The first-order valence-electron chi connectivity index (χ1n) is 5.29. The minimum atomic E-state index is -0.582. The van der Waals surface area contributed by atoms with Gasteiger partial charge in [-0.15, -0.1) is 0 Å². The van der Waals surface area contributed by atoms with E-state index in [1.165, 1.54) is 37.6 Å². The van der Waals surface area contributed by atoms with Crippen molar-refractivity contribution in [2.75, 3.05) is 12.4 Å². The summed E-state index contributed by atoms with van der Waals surface area (Å²) in [6.45, 7) is 0. The molecular formula is C12H10N2O5. The number of hydrogen-bond donors (Lipinski definition) is 1. The molecule has 0 aliphatic carbocycles. The highest BCUT2D eigenvalue weighted by molar-refractivity contribution is 6.02. The van der Waals surface area contributed by atoms with E-state index in [0.717, 1.165) is 0 Å². The van der Waals surface area contributed by atoms with Gasteiger partial charge >= 0.3 is 5.69 Å². The van der Waals surface area contributed by atoms with Crippen molar-refractivity contribution in [3.05, 3.63) is 52.5 Å². The fraction of sp³-hybridized carbons (Fsp3) is 0.0833. The second-order valence-electron chi connectivity index (χ2n) is 3.58. The molecule has 0 fully saturated rings. The van der Waals surface area contributed by atoms with Crippen molar-refractivity contribution in [1.29, 1.82) is 0 Å². The predicted molar refractivity (Wildman–Crippen MR) is 66.3 cm³/mol. The molecule has 1 aromatic carbocycles. The van der Waals surface area contributed by atoms with Crippen LogP contribution >= 0.6 is 0 Å². The molecule has 2 aromatic rings. The molecular weight excluding hydrogens is 252 g/mol. The molecule has 7 nitrogen and oxygen atoms in total. The van der Waals surface area contributed by atoms with Crippen LogP contribution in [0.4, 0.5) is 11.4 Å². The third-order valence-electron chi connectivity index (χ3n) is 2.38. The first-order valence-corrected chi connectivity index (χ1v) is 5.29. The van der Waals surface area contributed by atoms with E-state index >= 15 is 0 Å². The van der Waals surface area contributed by atoms with Gasteiger partial charge in [-0.05, 0) is 24.3 Å². The molecule has 2 rings (SSSR count). The van der Waals surface area contributed by atoms with Crippen molar-refractivity contribution in [2.45, 2.75) is 0 Å². The number of hydrogen-bond acceptors (Lipinski definition) is 5. The average molecular weight is 262 g/mol. The van der Waals surface area contributed by atoms with Crippen molar-refractivity contribution >= 4 is 17.3 Å². The lowest BCUT2D eigenvalue weighted by molar-refractivity contribution is -0.385. The molecule has 98 valence electrons. The lowest BCUT2D eigenvalue weighted by Gasteiger charge is -2.05. The Hall–Kier alpha value is -2.83. The second kappa shape index (κ2) is 5.21. The van der Waals surface area contributed by atoms with E-state index in [-0.39, 0.29) is 22.9 Å². The molecule has 0 radical (unpaired) electrons. The number of nitro groups is 1. The van der Waals surface area contributed by atoms with Crippen molar-refractivity contribution in [1.82, 2.24) is 0 Å². The van der Waals surface area contributed by atoms with E-state index in [0.29, 0.717) is 0 Å². The van der Waals surface area contributed by atoms with Gasteiger partial charge in [0, 0.05) is 11.8 Å². The number of ether oxygens (including phenoxy) is 1. The monoisotopic (exact) mass is 262 g/mol. The SMILES string of the molecule is COc1ccc(NC(=O)c2ccco2)cc1[N+](=O)[O-]. The van der Waals surface area contributed by atoms with Crippen molar-refractivity contribution < 1.29 is 18.9 Å². The minimum Gasteiger partial charge on any atom is -0.490 e. The molecule has 0 bridgehead atoms. The highest BCUT2D eigenvalue weighted by Crippen LogP contribution is 2.29. The van der Waals surface area contributed by atoms with Crippen LogP contribution in [-0.2, 0) is 0 Å². The Balaban J connectivity index is 2.24. The third kappa shape index (κ3) is 2.71. The number of carbonyl (C=O) groups is 1. The van der Waals surface area contributed by atoms with Crippen LogP contribution < -0.4 is 10.1 Å². The summed E-state index contributed by atoms with van der Waals surface area (Å²) in [5, 5.41) is 13.3. The molecule has 0 aliphatic heterocycles. The molecule has 0 saturated carbocycles. The molecule has 0 aliphatic rings. The van der Waals surface area contributed by atoms with Crippen molar-refractivity contribution in [3.63, 3.8) is 0 Å². The highest BCUT2D eigenvalue weighted by Gasteiger charge is 2.17. The summed E-state index contributed by atoms with van der Waals surface area (Å²) in [4.78, 5) is 22.0. The number of furan rings is 1. The van der Waals surface area contributed by atoms with Gasteiger partial charge < -0.3 is 14.5 Å². The zero-order valence-electron chi connectivity index (χ0n) is 9.95. The Labute approximate surface area is 107 Å². The zero-order chi connectivity index (χ0) is 13.8. The topological polar surface area (TPSA) is 94.6 Å². The van der Waals surface area contributed by atoms with Crippen molar-refractivity contribution in [3.8, 4) is 5.75 Å². The molecule has 1 aromatic heterocycles. The number of amides is 1. The van der Waals surface area contributed by atoms with Crippen LogP contribution in [0.15, 0.2) is 41.0 Å². The molecule has 7 heteroatoms. The van der Waals surface area contributed by atoms with Crippen LogP contribution in [0.5, 0.6) is 5.75 Å². The number of benzene rings is 1. The summed E-state index contributed by atoms with van der Waals surface area (Å²) in [7, 11) is 1.34. The Morgan fingerprint density at radius 3 is 2.79 bits per heavy atom. The summed E-state index contributed by atoms with van der Waals surface area (Å²) in [5.41, 5.74) is 0.0636. The Morgan fingerprint density at radius 2 is 2.21 bits per heavy atom.